The van der Waals surface area contributed by atoms with E-state index in [1.54, 1.807) is 0 Å². The predicted octanol–water partition coefficient (Wildman–Crippen LogP) is 7.24. The Bertz CT molecular complexity index is 331. The molecule has 0 N–H and O–H groups in total. The van der Waals surface area contributed by atoms with Gasteiger partial charge in [0.15, 0.2) is 0 Å². The molecule has 132 valence electrons. The van der Waals surface area contributed by atoms with Gasteiger partial charge in [0, 0.05) is 0 Å². The fourth-order valence-electron chi connectivity index (χ4n) is 5.76. The van der Waals surface area contributed by atoms with Gasteiger partial charge in [-0.25, -0.2) is 0 Å². The van der Waals surface area contributed by atoms with Gasteiger partial charge >= 0.3 is 0 Å². The minimum Gasteiger partial charge on any atom is -0.0625 e. The van der Waals surface area contributed by atoms with Gasteiger partial charge in [-0.2, -0.15) is 0 Å². The Morgan fingerprint density at radius 3 is 1.87 bits per heavy atom. The molecule has 2 atom stereocenters. The van der Waals surface area contributed by atoms with Crippen molar-refractivity contribution in [3.63, 3.8) is 0 Å². The van der Waals surface area contributed by atoms with Crippen molar-refractivity contribution in [3.05, 3.63) is 11.8 Å². The minimum atomic E-state index is 0.938. The molecular weight excluding hydrogens is 276 g/mol. The summed E-state index contributed by atoms with van der Waals surface area (Å²) < 4.78 is 0. The SMILES string of the molecule is CC1CC[C](CC2CC[C](C3CC(C)C(C)C(C)C3)CC2)CC1. The van der Waals surface area contributed by atoms with E-state index < -0.39 is 0 Å². The van der Waals surface area contributed by atoms with Crippen molar-refractivity contribution in [2.75, 3.05) is 0 Å². The molecule has 0 aromatic rings. The lowest BCUT2D eigenvalue weighted by Gasteiger charge is -2.43. The highest BCUT2D eigenvalue weighted by atomic mass is 14.4. The first-order chi connectivity index (χ1) is 11.0. The van der Waals surface area contributed by atoms with Gasteiger partial charge in [0.05, 0.1) is 0 Å². The van der Waals surface area contributed by atoms with Crippen molar-refractivity contribution < 1.29 is 0 Å². The van der Waals surface area contributed by atoms with Gasteiger partial charge in [0.2, 0.25) is 0 Å². The molecule has 3 fully saturated rings. The van der Waals surface area contributed by atoms with Gasteiger partial charge in [-0.15, -0.1) is 0 Å². The third kappa shape index (κ3) is 4.55. The summed E-state index contributed by atoms with van der Waals surface area (Å²) in [5.74, 6) is 9.69. The lowest BCUT2D eigenvalue weighted by Crippen LogP contribution is -2.32. The monoisotopic (exact) mass is 316 g/mol. The Morgan fingerprint density at radius 1 is 0.739 bits per heavy atom. The van der Waals surface area contributed by atoms with Crippen LogP contribution >= 0.6 is 0 Å². The van der Waals surface area contributed by atoms with Gasteiger partial charge in [0.25, 0.3) is 0 Å². The summed E-state index contributed by atoms with van der Waals surface area (Å²) in [5.41, 5.74) is 0. The van der Waals surface area contributed by atoms with E-state index in [0.717, 1.165) is 35.5 Å². The van der Waals surface area contributed by atoms with Crippen LogP contribution < -0.4 is 0 Å². The highest BCUT2D eigenvalue weighted by Gasteiger charge is 2.36. The van der Waals surface area contributed by atoms with Crippen LogP contribution in [0, 0.1) is 47.3 Å². The zero-order chi connectivity index (χ0) is 16.4. The summed E-state index contributed by atoms with van der Waals surface area (Å²) >= 11 is 0. The van der Waals surface area contributed by atoms with Crippen molar-refractivity contribution >= 4 is 0 Å². The molecule has 2 radical (unpaired) electrons. The van der Waals surface area contributed by atoms with Crippen molar-refractivity contribution in [1.29, 1.82) is 0 Å². The first-order valence-electron chi connectivity index (χ1n) is 10.7. The molecule has 23 heavy (non-hydrogen) atoms. The van der Waals surface area contributed by atoms with Crippen molar-refractivity contribution in [2.24, 2.45) is 35.5 Å². The third-order valence-electron chi connectivity index (χ3n) is 7.99. The highest BCUT2D eigenvalue weighted by Crippen LogP contribution is 2.48. The topological polar surface area (TPSA) is 0 Å². The van der Waals surface area contributed by atoms with Gasteiger partial charge < -0.3 is 0 Å². The molecule has 3 saturated carbocycles. The molecule has 0 saturated heterocycles. The van der Waals surface area contributed by atoms with E-state index in [4.69, 9.17) is 0 Å². The van der Waals surface area contributed by atoms with Crippen LogP contribution in [-0.2, 0) is 0 Å². The molecular formula is C23H40. The maximum Gasteiger partial charge on any atom is -0.0210 e. The van der Waals surface area contributed by atoms with Crippen molar-refractivity contribution in [2.45, 2.75) is 98.3 Å². The molecule has 0 spiro atoms. The van der Waals surface area contributed by atoms with Gasteiger partial charge in [-0.1, -0.05) is 40.5 Å². The second-order valence-electron chi connectivity index (χ2n) is 9.72. The van der Waals surface area contributed by atoms with Crippen LogP contribution in [0.15, 0.2) is 0 Å². The zero-order valence-electron chi connectivity index (χ0n) is 16.2. The Morgan fingerprint density at radius 2 is 1.30 bits per heavy atom. The average molecular weight is 317 g/mol. The van der Waals surface area contributed by atoms with Crippen LogP contribution in [0.4, 0.5) is 0 Å². The lowest BCUT2D eigenvalue weighted by atomic mass is 9.62. The Labute approximate surface area is 146 Å². The lowest BCUT2D eigenvalue weighted by molar-refractivity contribution is 0.134. The van der Waals surface area contributed by atoms with Gasteiger partial charge in [-0.3, -0.25) is 0 Å². The molecule has 0 nitrogen and oxygen atoms in total. The molecule has 3 aliphatic carbocycles. The first-order valence-corrected chi connectivity index (χ1v) is 10.7. The summed E-state index contributed by atoms with van der Waals surface area (Å²) in [7, 11) is 0. The summed E-state index contributed by atoms with van der Waals surface area (Å²) in [6.45, 7) is 9.92. The molecule has 3 aliphatic rings. The number of hydrogen-bond donors (Lipinski definition) is 0. The molecule has 0 amide bonds. The molecule has 0 bridgehead atoms. The summed E-state index contributed by atoms with van der Waals surface area (Å²) in [4.78, 5) is 0. The number of hydrogen-bond acceptors (Lipinski definition) is 0. The van der Waals surface area contributed by atoms with Gasteiger partial charge in [0.1, 0.15) is 0 Å². The van der Waals surface area contributed by atoms with Crippen LogP contribution in [0.25, 0.3) is 0 Å². The van der Waals surface area contributed by atoms with E-state index in [1.165, 1.54) is 70.6 Å². The average Bonchev–Trinajstić information content (AvgIpc) is 2.55. The normalized spacial score (nSPS) is 39.7. The molecule has 0 aromatic heterocycles. The van der Waals surface area contributed by atoms with Crippen LogP contribution in [0.3, 0.4) is 0 Å². The van der Waals surface area contributed by atoms with Crippen LogP contribution in [-0.4, -0.2) is 0 Å². The standard InChI is InChI=1S/C23H40/c1-16-5-7-20(8-6-16)15-21-9-11-22(12-10-21)23-13-17(2)19(4)18(3)14-23/h16-19,21,23H,5-15H2,1-4H3. The maximum atomic E-state index is 2.50. The summed E-state index contributed by atoms with van der Waals surface area (Å²) in [6.07, 6.45) is 16.2. The highest BCUT2D eigenvalue weighted by molar-refractivity contribution is 5.05. The minimum absolute atomic E-state index is 0.938. The second-order valence-corrected chi connectivity index (χ2v) is 9.72. The first kappa shape index (κ1) is 17.8. The molecule has 0 aromatic carbocycles. The van der Waals surface area contributed by atoms with E-state index in [9.17, 15) is 0 Å². The van der Waals surface area contributed by atoms with Crippen LogP contribution in [0.1, 0.15) is 98.3 Å². The summed E-state index contributed by atoms with van der Waals surface area (Å²) in [6, 6.07) is 0. The van der Waals surface area contributed by atoms with E-state index >= 15 is 0 Å². The van der Waals surface area contributed by atoms with Gasteiger partial charge in [-0.05, 0) is 105 Å². The van der Waals surface area contributed by atoms with Crippen LogP contribution in [0.5, 0.6) is 0 Å². The molecule has 0 heteroatoms. The molecule has 0 aliphatic heterocycles. The molecule has 0 heterocycles. The van der Waals surface area contributed by atoms with E-state index in [0.29, 0.717) is 0 Å². The summed E-state index contributed by atoms with van der Waals surface area (Å²) in [5, 5.41) is 0. The fourth-order valence-corrected chi connectivity index (χ4v) is 5.76. The zero-order valence-corrected chi connectivity index (χ0v) is 16.2. The molecule has 3 rings (SSSR count). The Balaban J connectivity index is 1.42. The van der Waals surface area contributed by atoms with E-state index in [1.807, 2.05) is 11.8 Å². The van der Waals surface area contributed by atoms with E-state index in [2.05, 4.69) is 27.7 Å². The third-order valence-corrected chi connectivity index (χ3v) is 7.99. The molecule has 2 unspecified atom stereocenters. The van der Waals surface area contributed by atoms with Crippen molar-refractivity contribution in [3.8, 4) is 0 Å². The van der Waals surface area contributed by atoms with Crippen LogP contribution in [0.2, 0.25) is 0 Å². The quantitative estimate of drug-likeness (QED) is 0.514. The predicted molar refractivity (Wildman–Crippen MR) is 101 cm³/mol. The second kappa shape index (κ2) is 7.92. The fraction of sp³-hybridized carbons (Fsp3) is 0.913. The largest absolute Gasteiger partial charge is 0.0625 e. The van der Waals surface area contributed by atoms with E-state index in [-0.39, 0.29) is 0 Å². The maximum absolute atomic E-state index is 2.50. The Kier molecular flexibility index (Phi) is 6.13. The number of rotatable bonds is 3. The Hall–Kier alpha value is 0. The smallest absolute Gasteiger partial charge is 0.0210 e. The van der Waals surface area contributed by atoms with Crippen molar-refractivity contribution in [1.82, 2.24) is 0 Å².